The van der Waals surface area contributed by atoms with Crippen molar-refractivity contribution in [3.63, 3.8) is 0 Å². The van der Waals surface area contributed by atoms with Gasteiger partial charge in [-0.25, -0.2) is 0 Å². The Morgan fingerprint density at radius 1 is 1.50 bits per heavy atom. The van der Waals surface area contributed by atoms with E-state index < -0.39 is 0 Å². The Kier molecular flexibility index (Phi) is 2.79. The molecule has 0 aromatic rings. The number of hydrogen-bond acceptors (Lipinski definition) is 2. The van der Waals surface area contributed by atoms with Crippen LogP contribution in [0, 0.1) is 5.92 Å². The largest absolute Gasteiger partial charge is 0.305 e. The van der Waals surface area contributed by atoms with Crippen LogP contribution in [0.5, 0.6) is 0 Å². The molecule has 1 unspecified atom stereocenters. The predicted octanol–water partition coefficient (Wildman–Crippen LogP) is 1.53. The Bertz CT molecular complexity index is 191. The van der Waals surface area contributed by atoms with Crippen LogP contribution in [-0.2, 0) is 4.79 Å². The van der Waals surface area contributed by atoms with Crippen molar-refractivity contribution < 1.29 is 4.79 Å². The smallest absolute Gasteiger partial charge is 0.152 e. The molecule has 2 rings (SSSR count). The van der Waals surface area contributed by atoms with E-state index in [9.17, 15) is 4.79 Å². The third-order valence-electron chi connectivity index (χ3n) is 3.05. The second-order valence-electron chi connectivity index (χ2n) is 3.93. The molecule has 0 amide bonds. The van der Waals surface area contributed by atoms with E-state index in [0.29, 0.717) is 11.7 Å². The van der Waals surface area contributed by atoms with Gasteiger partial charge in [0.05, 0.1) is 5.54 Å². The van der Waals surface area contributed by atoms with Gasteiger partial charge in [0.25, 0.3) is 0 Å². The molecule has 2 aliphatic rings. The number of rotatable bonds is 1. The first-order valence-electron chi connectivity index (χ1n) is 4.52. The number of piperidine rings is 1. The Morgan fingerprint density at radius 2 is 2.17 bits per heavy atom. The summed E-state index contributed by atoms with van der Waals surface area (Å²) >= 11 is 0. The monoisotopic (exact) mass is 189 g/mol. The zero-order valence-corrected chi connectivity index (χ0v) is 8.25. The Labute approximate surface area is 79.5 Å². The summed E-state index contributed by atoms with van der Waals surface area (Å²) in [5.74, 6) is 1.08. The van der Waals surface area contributed by atoms with Gasteiger partial charge in [-0.2, -0.15) is 0 Å². The van der Waals surface area contributed by atoms with E-state index in [4.69, 9.17) is 0 Å². The summed E-state index contributed by atoms with van der Waals surface area (Å²) in [6.07, 6.45) is 4.31. The van der Waals surface area contributed by atoms with Crippen molar-refractivity contribution >= 4 is 18.2 Å². The molecule has 2 nitrogen and oxygen atoms in total. The molecule has 1 N–H and O–H groups in total. The van der Waals surface area contributed by atoms with Crippen LogP contribution in [0.4, 0.5) is 0 Å². The summed E-state index contributed by atoms with van der Waals surface area (Å²) in [7, 11) is 0. The number of ketones is 1. The first kappa shape index (κ1) is 10.0. The van der Waals surface area contributed by atoms with Crippen molar-refractivity contribution in [1.29, 1.82) is 0 Å². The molecule has 2 fully saturated rings. The van der Waals surface area contributed by atoms with E-state index in [1.54, 1.807) is 0 Å². The Balaban J connectivity index is 0.000000720. The highest BCUT2D eigenvalue weighted by Gasteiger charge is 2.47. The van der Waals surface area contributed by atoms with Crippen LogP contribution in [0.3, 0.4) is 0 Å². The van der Waals surface area contributed by atoms with Gasteiger partial charge in [0.2, 0.25) is 0 Å². The molecule has 0 spiro atoms. The molecule has 1 aliphatic heterocycles. The van der Waals surface area contributed by atoms with E-state index in [0.717, 1.165) is 19.4 Å². The van der Waals surface area contributed by atoms with Gasteiger partial charge in [0, 0.05) is 6.42 Å². The lowest BCUT2D eigenvalue weighted by atomic mass is 9.85. The fourth-order valence-electron chi connectivity index (χ4n) is 1.99. The lowest BCUT2D eigenvalue weighted by Gasteiger charge is -2.33. The molecule has 1 atom stereocenters. The Morgan fingerprint density at radius 3 is 2.67 bits per heavy atom. The number of carbonyl (C=O) groups excluding carboxylic acids is 1. The molecule has 3 heteroatoms. The second kappa shape index (κ2) is 3.35. The van der Waals surface area contributed by atoms with Crippen molar-refractivity contribution in [1.82, 2.24) is 5.32 Å². The van der Waals surface area contributed by atoms with Crippen LogP contribution in [0.15, 0.2) is 0 Å². The minimum absolute atomic E-state index is 0. The van der Waals surface area contributed by atoms with Crippen LogP contribution in [0.25, 0.3) is 0 Å². The maximum atomic E-state index is 11.5. The van der Waals surface area contributed by atoms with Crippen LogP contribution < -0.4 is 5.32 Å². The molecule has 0 aromatic heterocycles. The summed E-state index contributed by atoms with van der Waals surface area (Å²) in [6, 6.07) is 0. The molecule has 1 heterocycles. The summed E-state index contributed by atoms with van der Waals surface area (Å²) in [4.78, 5) is 11.5. The fraction of sp³-hybridized carbons (Fsp3) is 0.889. The topological polar surface area (TPSA) is 29.1 Å². The molecule has 0 bridgehead atoms. The highest BCUT2D eigenvalue weighted by Crippen LogP contribution is 2.41. The summed E-state index contributed by atoms with van der Waals surface area (Å²) in [5.41, 5.74) is -0.141. The summed E-state index contributed by atoms with van der Waals surface area (Å²) in [6.45, 7) is 3.10. The molecule has 0 aromatic carbocycles. The van der Waals surface area contributed by atoms with Gasteiger partial charge in [-0.05, 0) is 38.6 Å². The zero-order valence-electron chi connectivity index (χ0n) is 7.43. The zero-order chi connectivity index (χ0) is 7.90. The normalized spacial score (nSPS) is 35.9. The molecule has 70 valence electrons. The molecule has 0 radical (unpaired) electrons. The predicted molar refractivity (Wildman–Crippen MR) is 50.6 cm³/mol. The highest BCUT2D eigenvalue weighted by molar-refractivity contribution is 5.89. The number of hydrogen-bond donors (Lipinski definition) is 1. The van der Waals surface area contributed by atoms with Crippen LogP contribution in [0.1, 0.15) is 32.6 Å². The van der Waals surface area contributed by atoms with Crippen molar-refractivity contribution in [2.24, 2.45) is 5.92 Å². The van der Waals surface area contributed by atoms with Crippen molar-refractivity contribution in [3.8, 4) is 0 Å². The first-order chi connectivity index (χ1) is 5.23. The average molecular weight is 190 g/mol. The average Bonchev–Trinajstić information content (AvgIpc) is 2.77. The SMILES string of the molecule is CC1(C2CC2)NCCCC1=O.Cl. The molecule has 1 saturated heterocycles. The second-order valence-corrected chi connectivity index (χ2v) is 3.93. The first-order valence-corrected chi connectivity index (χ1v) is 4.52. The fourth-order valence-corrected chi connectivity index (χ4v) is 1.99. The van der Waals surface area contributed by atoms with Gasteiger partial charge in [-0.1, -0.05) is 0 Å². The van der Waals surface area contributed by atoms with Gasteiger partial charge in [-0.3, -0.25) is 4.79 Å². The van der Waals surface area contributed by atoms with Crippen LogP contribution >= 0.6 is 12.4 Å². The maximum absolute atomic E-state index is 11.5. The molecule has 1 aliphatic carbocycles. The number of Topliss-reactive ketones (excluding diaryl/α,β-unsaturated/α-hetero) is 1. The van der Waals surface area contributed by atoms with Gasteiger partial charge in [0.15, 0.2) is 5.78 Å². The lowest BCUT2D eigenvalue weighted by Crippen LogP contribution is -2.54. The van der Waals surface area contributed by atoms with E-state index in [2.05, 4.69) is 12.2 Å². The van der Waals surface area contributed by atoms with Crippen molar-refractivity contribution in [2.45, 2.75) is 38.1 Å². The molecular weight excluding hydrogens is 174 g/mol. The number of nitrogens with one attached hydrogen (secondary N) is 1. The van der Waals surface area contributed by atoms with Gasteiger partial charge < -0.3 is 5.32 Å². The molecule has 1 saturated carbocycles. The third-order valence-corrected chi connectivity index (χ3v) is 3.05. The van der Waals surface area contributed by atoms with E-state index in [1.807, 2.05) is 0 Å². The standard InChI is InChI=1S/C9H15NO.ClH/c1-9(7-4-5-7)8(11)3-2-6-10-9;/h7,10H,2-6H2,1H3;1H. The van der Waals surface area contributed by atoms with E-state index in [1.165, 1.54) is 12.8 Å². The Hall–Kier alpha value is -0.0800. The van der Waals surface area contributed by atoms with Gasteiger partial charge in [-0.15, -0.1) is 12.4 Å². The minimum Gasteiger partial charge on any atom is -0.305 e. The van der Waals surface area contributed by atoms with Gasteiger partial charge in [0.1, 0.15) is 0 Å². The van der Waals surface area contributed by atoms with Crippen molar-refractivity contribution in [3.05, 3.63) is 0 Å². The highest BCUT2D eigenvalue weighted by atomic mass is 35.5. The third kappa shape index (κ3) is 1.50. The lowest BCUT2D eigenvalue weighted by molar-refractivity contribution is -0.127. The molecular formula is C9H16ClNO. The quantitative estimate of drug-likeness (QED) is 0.678. The van der Waals surface area contributed by atoms with Crippen LogP contribution in [0.2, 0.25) is 0 Å². The van der Waals surface area contributed by atoms with E-state index >= 15 is 0 Å². The van der Waals surface area contributed by atoms with E-state index in [-0.39, 0.29) is 17.9 Å². The molecule has 12 heavy (non-hydrogen) atoms. The summed E-state index contributed by atoms with van der Waals surface area (Å²) < 4.78 is 0. The van der Waals surface area contributed by atoms with Gasteiger partial charge >= 0.3 is 0 Å². The summed E-state index contributed by atoms with van der Waals surface area (Å²) in [5, 5.41) is 3.36. The maximum Gasteiger partial charge on any atom is 0.152 e. The van der Waals surface area contributed by atoms with Crippen molar-refractivity contribution in [2.75, 3.05) is 6.54 Å². The number of halogens is 1. The van der Waals surface area contributed by atoms with Crippen LogP contribution in [-0.4, -0.2) is 17.9 Å². The number of carbonyl (C=O) groups is 1. The minimum atomic E-state index is -0.141.